The Balaban J connectivity index is 2.24. The molecule has 2 rings (SSSR count). The average Bonchev–Trinajstić information content (AvgIpc) is 2.91. The molecular weight excluding hydrogens is 282 g/mol. The average molecular weight is 299 g/mol. The van der Waals surface area contributed by atoms with Crippen molar-refractivity contribution in [3.05, 3.63) is 29.3 Å². The Kier molecular flexibility index (Phi) is 4.42. The van der Waals surface area contributed by atoms with Crippen LogP contribution in [-0.2, 0) is 32.4 Å². The fraction of sp³-hybridized carbons (Fsp3) is 0.462. The van der Waals surface area contributed by atoms with Crippen molar-refractivity contribution >= 4 is 16.0 Å². The molecule has 1 aliphatic carbocycles. The molecule has 2 N–H and O–H groups in total. The van der Waals surface area contributed by atoms with E-state index in [4.69, 9.17) is 5.11 Å². The van der Waals surface area contributed by atoms with E-state index in [0.717, 1.165) is 37.5 Å². The Hall–Kier alpha value is -1.44. The maximum Gasteiger partial charge on any atom is 0.326 e. The number of carbonyl (C=O) groups excluding carboxylic acids is 1. The number of esters is 1. The maximum absolute atomic E-state index is 12.2. The van der Waals surface area contributed by atoms with E-state index in [1.165, 1.54) is 6.07 Å². The second-order valence-electron chi connectivity index (χ2n) is 4.66. The van der Waals surface area contributed by atoms with E-state index >= 15 is 0 Å². The molecule has 0 spiro atoms. The minimum absolute atomic E-state index is 0.0977. The molecule has 1 unspecified atom stereocenters. The van der Waals surface area contributed by atoms with Gasteiger partial charge in [0.25, 0.3) is 0 Å². The number of hydrogen-bond donors (Lipinski definition) is 2. The van der Waals surface area contributed by atoms with Crippen molar-refractivity contribution in [1.29, 1.82) is 0 Å². The summed E-state index contributed by atoms with van der Waals surface area (Å²) in [6.07, 6.45) is 2.84. The molecule has 1 atom stereocenters. The predicted octanol–water partition coefficient (Wildman–Crippen LogP) is -0.0125. The number of aliphatic hydroxyl groups excluding tert-OH is 1. The van der Waals surface area contributed by atoms with Gasteiger partial charge in [0.05, 0.1) is 18.6 Å². The number of nitrogens with one attached hydrogen (secondary N) is 1. The van der Waals surface area contributed by atoms with E-state index < -0.39 is 28.6 Å². The third-order valence-electron chi connectivity index (χ3n) is 3.35. The van der Waals surface area contributed by atoms with Crippen molar-refractivity contribution in [3.8, 4) is 0 Å². The first kappa shape index (κ1) is 15.0. The van der Waals surface area contributed by atoms with Gasteiger partial charge in [-0.2, -0.15) is 4.72 Å². The first-order valence-corrected chi connectivity index (χ1v) is 7.79. The van der Waals surface area contributed by atoms with Crippen molar-refractivity contribution in [3.63, 3.8) is 0 Å². The van der Waals surface area contributed by atoms with Gasteiger partial charge in [0.2, 0.25) is 10.0 Å². The monoisotopic (exact) mass is 299 g/mol. The van der Waals surface area contributed by atoms with Crippen LogP contribution in [0, 0.1) is 0 Å². The fourth-order valence-electron chi connectivity index (χ4n) is 2.27. The number of sulfonamides is 1. The Labute approximate surface area is 117 Å². The molecule has 0 amide bonds. The second kappa shape index (κ2) is 5.90. The summed E-state index contributed by atoms with van der Waals surface area (Å²) in [5.41, 5.74) is 2.18. The van der Waals surface area contributed by atoms with E-state index in [1.54, 1.807) is 12.1 Å². The van der Waals surface area contributed by atoms with Crippen LogP contribution in [-0.4, -0.2) is 39.3 Å². The smallest absolute Gasteiger partial charge is 0.326 e. The van der Waals surface area contributed by atoms with Gasteiger partial charge in [0.1, 0.15) is 6.04 Å². The van der Waals surface area contributed by atoms with Crippen LogP contribution in [0.5, 0.6) is 0 Å². The lowest BCUT2D eigenvalue weighted by Crippen LogP contribution is -2.43. The maximum atomic E-state index is 12.2. The SMILES string of the molecule is COC(=O)C(CO)NS(=O)(=O)c1ccc2c(c1)CCC2. The zero-order chi connectivity index (χ0) is 14.8. The Morgan fingerprint density at radius 1 is 1.40 bits per heavy atom. The summed E-state index contributed by atoms with van der Waals surface area (Å²) in [5.74, 6) is -0.822. The molecule has 0 aromatic heterocycles. The van der Waals surface area contributed by atoms with Crippen LogP contribution in [0.2, 0.25) is 0 Å². The molecule has 1 aromatic rings. The van der Waals surface area contributed by atoms with Gasteiger partial charge in [0, 0.05) is 0 Å². The number of hydrogen-bond acceptors (Lipinski definition) is 5. The number of carbonyl (C=O) groups is 1. The number of benzene rings is 1. The minimum Gasteiger partial charge on any atom is -0.468 e. The van der Waals surface area contributed by atoms with Crippen LogP contribution < -0.4 is 4.72 Å². The summed E-state index contributed by atoms with van der Waals surface area (Å²) in [5, 5.41) is 9.06. The summed E-state index contributed by atoms with van der Waals surface area (Å²) in [7, 11) is -2.73. The highest BCUT2D eigenvalue weighted by molar-refractivity contribution is 7.89. The normalized spacial score (nSPS) is 15.7. The van der Waals surface area contributed by atoms with E-state index in [9.17, 15) is 13.2 Å². The number of methoxy groups -OCH3 is 1. The van der Waals surface area contributed by atoms with Gasteiger partial charge < -0.3 is 9.84 Å². The lowest BCUT2D eigenvalue weighted by molar-refractivity contribution is -0.143. The number of fused-ring (bicyclic) bond motifs is 1. The Morgan fingerprint density at radius 3 is 2.75 bits per heavy atom. The third kappa shape index (κ3) is 3.00. The van der Waals surface area contributed by atoms with E-state index in [0.29, 0.717) is 0 Å². The predicted molar refractivity (Wildman–Crippen MR) is 71.7 cm³/mol. The molecule has 0 aliphatic heterocycles. The molecule has 7 heteroatoms. The van der Waals surface area contributed by atoms with E-state index in [-0.39, 0.29) is 4.90 Å². The number of aliphatic hydroxyl groups is 1. The van der Waals surface area contributed by atoms with Gasteiger partial charge in [0.15, 0.2) is 0 Å². The molecule has 1 aromatic carbocycles. The molecule has 6 nitrogen and oxygen atoms in total. The zero-order valence-corrected chi connectivity index (χ0v) is 11.9. The minimum atomic E-state index is -3.86. The lowest BCUT2D eigenvalue weighted by atomic mass is 10.1. The number of aryl methyl sites for hydroxylation is 2. The van der Waals surface area contributed by atoms with Crippen LogP contribution >= 0.6 is 0 Å². The summed E-state index contributed by atoms with van der Waals surface area (Å²) in [4.78, 5) is 11.4. The fourth-order valence-corrected chi connectivity index (χ4v) is 3.50. The topological polar surface area (TPSA) is 92.7 Å². The van der Waals surface area contributed by atoms with E-state index in [1.807, 2.05) is 0 Å². The van der Waals surface area contributed by atoms with Crippen LogP contribution in [0.4, 0.5) is 0 Å². The molecule has 0 bridgehead atoms. The Bertz CT molecular complexity index is 611. The quantitative estimate of drug-likeness (QED) is 0.746. The summed E-state index contributed by atoms with van der Waals surface area (Å²) in [6, 6.07) is 3.63. The highest BCUT2D eigenvalue weighted by Crippen LogP contribution is 2.24. The zero-order valence-electron chi connectivity index (χ0n) is 11.1. The molecule has 0 saturated carbocycles. The largest absolute Gasteiger partial charge is 0.468 e. The lowest BCUT2D eigenvalue weighted by Gasteiger charge is -2.14. The van der Waals surface area contributed by atoms with Gasteiger partial charge in [-0.15, -0.1) is 0 Å². The molecule has 0 saturated heterocycles. The van der Waals surface area contributed by atoms with Crippen molar-refractivity contribution in [2.45, 2.75) is 30.2 Å². The van der Waals surface area contributed by atoms with Gasteiger partial charge in [-0.05, 0) is 42.5 Å². The van der Waals surface area contributed by atoms with E-state index in [2.05, 4.69) is 9.46 Å². The summed E-state index contributed by atoms with van der Waals surface area (Å²) >= 11 is 0. The van der Waals surface area contributed by atoms with Crippen molar-refractivity contribution in [2.75, 3.05) is 13.7 Å². The standard InChI is InChI=1S/C13H17NO5S/c1-19-13(16)12(8-15)14-20(17,18)11-6-5-9-3-2-4-10(9)7-11/h5-7,12,14-15H,2-4,8H2,1H3. The molecule has 1 aliphatic rings. The number of rotatable bonds is 5. The Morgan fingerprint density at radius 2 is 2.10 bits per heavy atom. The summed E-state index contributed by atoms with van der Waals surface area (Å²) in [6.45, 7) is -0.656. The van der Waals surface area contributed by atoms with Crippen molar-refractivity contribution in [1.82, 2.24) is 4.72 Å². The van der Waals surface area contributed by atoms with Crippen molar-refractivity contribution < 1.29 is 23.1 Å². The van der Waals surface area contributed by atoms with Gasteiger partial charge in [-0.25, -0.2) is 8.42 Å². The highest BCUT2D eigenvalue weighted by Gasteiger charge is 2.26. The molecule has 20 heavy (non-hydrogen) atoms. The molecule has 0 radical (unpaired) electrons. The van der Waals surface area contributed by atoms with Crippen LogP contribution in [0.1, 0.15) is 17.5 Å². The van der Waals surface area contributed by atoms with Gasteiger partial charge >= 0.3 is 5.97 Å². The van der Waals surface area contributed by atoms with Crippen LogP contribution in [0.25, 0.3) is 0 Å². The van der Waals surface area contributed by atoms with Crippen molar-refractivity contribution in [2.24, 2.45) is 0 Å². The first-order chi connectivity index (χ1) is 9.47. The highest BCUT2D eigenvalue weighted by atomic mass is 32.2. The molecular formula is C13H17NO5S. The second-order valence-corrected chi connectivity index (χ2v) is 6.38. The molecule has 0 heterocycles. The third-order valence-corrected chi connectivity index (χ3v) is 4.82. The number of ether oxygens (including phenoxy) is 1. The molecule has 110 valence electrons. The first-order valence-electron chi connectivity index (χ1n) is 6.31. The van der Waals surface area contributed by atoms with Crippen LogP contribution in [0.15, 0.2) is 23.1 Å². The van der Waals surface area contributed by atoms with Crippen LogP contribution in [0.3, 0.4) is 0 Å². The van der Waals surface area contributed by atoms with Gasteiger partial charge in [-0.1, -0.05) is 6.07 Å². The molecule has 0 fully saturated rings. The summed E-state index contributed by atoms with van der Waals surface area (Å²) < 4.78 is 31.0. The van der Waals surface area contributed by atoms with Gasteiger partial charge in [-0.3, -0.25) is 4.79 Å².